The summed E-state index contributed by atoms with van der Waals surface area (Å²) in [5, 5.41) is 6.16. The third-order valence-corrected chi connectivity index (χ3v) is 4.09. The van der Waals surface area contributed by atoms with E-state index in [2.05, 4.69) is 22.5 Å². The van der Waals surface area contributed by atoms with E-state index in [0.29, 0.717) is 12.2 Å². The fraction of sp³-hybridized carbons (Fsp3) is 0.182. The number of amides is 1. The third kappa shape index (κ3) is 4.85. The number of rotatable bonds is 7. The SMILES string of the molecule is CCOc1ccccc1Nc1cncc(C(=O)Nc2ccc(CC)cc2)c1. The van der Waals surface area contributed by atoms with Gasteiger partial charge in [0.1, 0.15) is 5.75 Å². The van der Waals surface area contributed by atoms with Gasteiger partial charge in [0.15, 0.2) is 0 Å². The van der Waals surface area contributed by atoms with Crippen molar-refractivity contribution in [3.8, 4) is 5.75 Å². The van der Waals surface area contributed by atoms with E-state index in [1.807, 2.05) is 55.5 Å². The second kappa shape index (κ2) is 8.85. The minimum Gasteiger partial charge on any atom is -0.492 e. The summed E-state index contributed by atoms with van der Waals surface area (Å²) >= 11 is 0. The molecule has 0 aliphatic rings. The van der Waals surface area contributed by atoms with Crippen LogP contribution >= 0.6 is 0 Å². The maximum absolute atomic E-state index is 12.5. The molecule has 0 atom stereocenters. The molecule has 1 heterocycles. The van der Waals surface area contributed by atoms with Gasteiger partial charge < -0.3 is 15.4 Å². The lowest BCUT2D eigenvalue weighted by molar-refractivity contribution is 0.102. The van der Waals surface area contributed by atoms with Gasteiger partial charge in [-0.1, -0.05) is 31.2 Å². The van der Waals surface area contributed by atoms with Crippen LogP contribution in [-0.4, -0.2) is 17.5 Å². The molecular formula is C22H23N3O2. The summed E-state index contributed by atoms with van der Waals surface area (Å²) in [5.74, 6) is 0.555. The fourth-order valence-corrected chi connectivity index (χ4v) is 2.67. The van der Waals surface area contributed by atoms with Gasteiger partial charge in [0.2, 0.25) is 0 Å². The number of carbonyl (C=O) groups is 1. The van der Waals surface area contributed by atoms with Gasteiger partial charge in [-0.2, -0.15) is 0 Å². The molecule has 0 spiro atoms. The molecule has 0 saturated carbocycles. The first-order valence-electron chi connectivity index (χ1n) is 9.03. The molecule has 1 amide bonds. The minimum absolute atomic E-state index is 0.200. The summed E-state index contributed by atoms with van der Waals surface area (Å²) in [6.07, 6.45) is 4.19. The summed E-state index contributed by atoms with van der Waals surface area (Å²) in [5.41, 5.74) is 4.02. The van der Waals surface area contributed by atoms with Crippen LogP contribution in [0.4, 0.5) is 17.1 Å². The molecule has 0 unspecified atom stereocenters. The summed E-state index contributed by atoms with van der Waals surface area (Å²) in [6.45, 7) is 4.62. The predicted octanol–water partition coefficient (Wildman–Crippen LogP) is 5.04. The minimum atomic E-state index is -0.200. The summed E-state index contributed by atoms with van der Waals surface area (Å²) in [6, 6.07) is 17.3. The largest absolute Gasteiger partial charge is 0.492 e. The molecule has 0 fully saturated rings. The van der Waals surface area contributed by atoms with Crippen LogP contribution in [0.1, 0.15) is 29.8 Å². The molecule has 2 N–H and O–H groups in total. The van der Waals surface area contributed by atoms with Crippen LogP contribution in [-0.2, 0) is 6.42 Å². The molecule has 0 radical (unpaired) electrons. The number of nitrogens with one attached hydrogen (secondary N) is 2. The van der Waals surface area contributed by atoms with Crippen LogP contribution in [0.15, 0.2) is 67.0 Å². The van der Waals surface area contributed by atoms with Crippen LogP contribution in [0.25, 0.3) is 0 Å². The molecule has 0 saturated heterocycles. The van der Waals surface area contributed by atoms with E-state index in [1.54, 1.807) is 18.5 Å². The van der Waals surface area contributed by atoms with Crippen molar-refractivity contribution in [2.24, 2.45) is 0 Å². The van der Waals surface area contributed by atoms with Crippen LogP contribution in [0.2, 0.25) is 0 Å². The van der Waals surface area contributed by atoms with Gasteiger partial charge in [-0.25, -0.2) is 0 Å². The number of anilines is 3. The van der Waals surface area contributed by atoms with E-state index >= 15 is 0 Å². The van der Waals surface area contributed by atoms with Crippen molar-refractivity contribution in [3.05, 3.63) is 78.1 Å². The van der Waals surface area contributed by atoms with Crippen LogP contribution < -0.4 is 15.4 Å². The van der Waals surface area contributed by atoms with Crippen LogP contribution in [0.5, 0.6) is 5.75 Å². The number of aromatic nitrogens is 1. The lowest BCUT2D eigenvalue weighted by atomic mass is 10.1. The average molecular weight is 361 g/mol. The molecule has 138 valence electrons. The number of hydrogen-bond acceptors (Lipinski definition) is 4. The highest BCUT2D eigenvalue weighted by Crippen LogP contribution is 2.27. The Labute approximate surface area is 159 Å². The van der Waals surface area contributed by atoms with E-state index < -0.39 is 0 Å². The van der Waals surface area contributed by atoms with Crippen molar-refractivity contribution >= 4 is 23.0 Å². The van der Waals surface area contributed by atoms with E-state index in [4.69, 9.17) is 4.74 Å². The highest BCUT2D eigenvalue weighted by molar-refractivity contribution is 6.04. The van der Waals surface area contributed by atoms with Gasteiger partial charge in [0.25, 0.3) is 5.91 Å². The van der Waals surface area contributed by atoms with Gasteiger partial charge in [0, 0.05) is 11.9 Å². The van der Waals surface area contributed by atoms with Gasteiger partial charge in [-0.05, 0) is 49.2 Å². The number of para-hydroxylation sites is 2. The van der Waals surface area contributed by atoms with Crippen molar-refractivity contribution in [2.75, 3.05) is 17.2 Å². The smallest absolute Gasteiger partial charge is 0.257 e. The lowest BCUT2D eigenvalue weighted by Crippen LogP contribution is -2.12. The second-order valence-electron chi connectivity index (χ2n) is 6.02. The number of pyridine rings is 1. The molecule has 2 aromatic carbocycles. The standard InChI is InChI=1S/C22H23N3O2/c1-3-16-9-11-18(12-10-16)25-22(26)17-13-19(15-23-14-17)24-20-7-5-6-8-21(20)27-4-2/h5-15,24H,3-4H2,1-2H3,(H,25,26). The maximum atomic E-state index is 12.5. The van der Waals surface area contributed by atoms with Crippen LogP contribution in [0, 0.1) is 0 Å². The van der Waals surface area contributed by atoms with Crippen molar-refractivity contribution < 1.29 is 9.53 Å². The zero-order chi connectivity index (χ0) is 19.1. The molecule has 0 aliphatic carbocycles. The molecule has 3 aromatic rings. The molecule has 0 aliphatic heterocycles. The Bertz CT molecular complexity index is 907. The van der Waals surface area contributed by atoms with E-state index in [9.17, 15) is 4.79 Å². The Morgan fingerprint density at radius 1 is 1.00 bits per heavy atom. The third-order valence-electron chi connectivity index (χ3n) is 4.09. The first-order valence-corrected chi connectivity index (χ1v) is 9.03. The number of hydrogen-bond donors (Lipinski definition) is 2. The van der Waals surface area contributed by atoms with Crippen molar-refractivity contribution in [2.45, 2.75) is 20.3 Å². The van der Waals surface area contributed by atoms with Gasteiger partial charge in [-0.3, -0.25) is 9.78 Å². The number of ether oxygens (including phenoxy) is 1. The summed E-state index contributed by atoms with van der Waals surface area (Å²) in [4.78, 5) is 16.7. The van der Waals surface area contributed by atoms with Crippen molar-refractivity contribution in [1.29, 1.82) is 0 Å². The van der Waals surface area contributed by atoms with Gasteiger partial charge in [0.05, 0.1) is 29.7 Å². The Hall–Kier alpha value is -3.34. The number of carbonyl (C=O) groups excluding carboxylic acids is 1. The monoisotopic (exact) mass is 361 g/mol. The molecule has 3 rings (SSSR count). The zero-order valence-electron chi connectivity index (χ0n) is 15.5. The number of nitrogens with zero attached hydrogens (tertiary/aromatic N) is 1. The quantitative estimate of drug-likeness (QED) is 0.619. The zero-order valence-corrected chi connectivity index (χ0v) is 15.5. The van der Waals surface area contributed by atoms with E-state index in [0.717, 1.165) is 29.2 Å². The molecular weight excluding hydrogens is 338 g/mol. The van der Waals surface area contributed by atoms with Gasteiger partial charge in [-0.15, -0.1) is 0 Å². The molecule has 5 nitrogen and oxygen atoms in total. The number of benzene rings is 2. The molecule has 1 aromatic heterocycles. The first-order chi connectivity index (χ1) is 13.2. The summed E-state index contributed by atoms with van der Waals surface area (Å²) < 4.78 is 5.62. The normalized spacial score (nSPS) is 10.3. The van der Waals surface area contributed by atoms with Crippen molar-refractivity contribution in [3.63, 3.8) is 0 Å². The highest BCUT2D eigenvalue weighted by Gasteiger charge is 2.09. The fourth-order valence-electron chi connectivity index (χ4n) is 2.67. The Morgan fingerprint density at radius 3 is 2.52 bits per heavy atom. The molecule has 0 bridgehead atoms. The molecule has 27 heavy (non-hydrogen) atoms. The lowest BCUT2D eigenvalue weighted by Gasteiger charge is -2.12. The second-order valence-corrected chi connectivity index (χ2v) is 6.02. The Morgan fingerprint density at radius 2 is 1.78 bits per heavy atom. The summed E-state index contributed by atoms with van der Waals surface area (Å²) in [7, 11) is 0. The molecule has 5 heteroatoms. The highest BCUT2D eigenvalue weighted by atomic mass is 16.5. The predicted molar refractivity (Wildman–Crippen MR) is 109 cm³/mol. The van der Waals surface area contributed by atoms with Gasteiger partial charge >= 0.3 is 0 Å². The Kier molecular flexibility index (Phi) is 6.05. The van der Waals surface area contributed by atoms with Crippen LogP contribution in [0.3, 0.4) is 0 Å². The number of aryl methyl sites for hydroxylation is 1. The van der Waals surface area contributed by atoms with E-state index in [-0.39, 0.29) is 5.91 Å². The van der Waals surface area contributed by atoms with Crippen molar-refractivity contribution in [1.82, 2.24) is 4.98 Å². The topological polar surface area (TPSA) is 63.2 Å². The Balaban J connectivity index is 1.74. The maximum Gasteiger partial charge on any atom is 0.257 e. The van der Waals surface area contributed by atoms with E-state index in [1.165, 1.54) is 5.56 Å². The average Bonchev–Trinajstić information content (AvgIpc) is 2.70. The first kappa shape index (κ1) is 18.5.